The summed E-state index contributed by atoms with van der Waals surface area (Å²) in [7, 11) is 1.17. The molecule has 4 nitrogen and oxygen atoms in total. The maximum atomic E-state index is 11.3. The zero-order valence-corrected chi connectivity index (χ0v) is 5.27. The highest BCUT2D eigenvalue weighted by Crippen LogP contribution is 1.91. The summed E-state index contributed by atoms with van der Waals surface area (Å²) in [6, 6.07) is 0. The molecule has 1 amide bonds. The summed E-state index contributed by atoms with van der Waals surface area (Å²) in [5, 5.41) is 0. The molecular weight excluding hydrogens is 148 g/mol. The zero-order valence-electron chi connectivity index (χ0n) is 5.27. The molecular formula is C4H7F2NO3. The van der Waals surface area contributed by atoms with E-state index in [1.54, 1.807) is 5.48 Å². The van der Waals surface area contributed by atoms with Gasteiger partial charge in [-0.3, -0.25) is 4.84 Å². The van der Waals surface area contributed by atoms with Gasteiger partial charge in [-0.05, 0) is 0 Å². The molecule has 0 spiro atoms. The number of hydrogen-bond donors (Lipinski definition) is 1. The maximum Gasteiger partial charge on any atom is 0.431 e. The van der Waals surface area contributed by atoms with Crippen LogP contribution in [-0.2, 0) is 9.57 Å². The van der Waals surface area contributed by atoms with Crippen molar-refractivity contribution in [3.63, 3.8) is 0 Å². The van der Waals surface area contributed by atoms with E-state index < -0.39 is 19.1 Å². The van der Waals surface area contributed by atoms with Crippen LogP contribution < -0.4 is 5.48 Å². The highest BCUT2D eigenvalue weighted by atomic mass is 19.3. The van der Waals surface area contributed by atoms with Gasteiger partial charge < -0.3 is 4.74 Å². The van der Waals surface area contributed by atoms with Crippen molar-refractivity contribution >= 4 is 6.09 Å². The van der Waals surface area contributed by atoms with Crippen LogP contribution in [-0.4, -0.2) is 26.2 Å². The molecule has 0 saturated heterocycles. The largest absolute Gasteiger partial charge is 0.442 e. The fourth-order valence-electron chi connectivity index (χ4n) is 0.251. The first-order chi connectivity index (χ1) is 4.66. The number of hydroxylamine groups is 1. The predicted molar refractivity (Wildman–Crippen MR) is 27.5 cm³/mol. The number of nitrogens with one attached hydrogen (secondary N) is 1. The van der Waals surface area contributed by atoms with Gasteiger partial charge in [-0.1, -0.05) is 0 Å². The van der Waals surface area contributed by atoms with Gasteiger partial charge in [-0.15, -0.1) is 0 Å². The second-order valence-electron chi connectivity index (χ2n) is 1.30. The number of hydrogen-bond acceptors (Lipinski definition) is 3. The molecule has 0 aromatic rings. The molecule has 6 heteroatoms. The van der Waals surface area contributed by atoms with Crippen LogP contribution in [0.5, 0.6) is 0 Å². The van der Waals surface area contributed by atoms with Crippen LogP contribution in [0.1, 0.15) is 0 Å². The van der Waals surface area contributed by atoms with Crippen molar-refractivity contribution in [3.05, 3.63) is 0 Å². The van der Waals surface area contributed by atoms with Crippen LogP contribution in [0.2, 0.25) is 0 Å². The van der Waals surface area contributed by atoms with Gasteiger partial charge in [0.1, 0.15) is 0 Å². The Labute approximate surface area is 56.1 Å². The number of carbonyl (C=O) groups excluding carboxylic acids is 1. The van der Waals surface area contributed by atoms with E-state index in [9.17, 15) is 13.6 Å². The third-order valence-corrected chi connectivity index (χ3v) is 0.526. The molecule has 10 heavy (non-hydrogen) atoms. The van der Waals surface area contributed by atoms with Gasteiger partial charge in [-0.25, -0.2) is 13.6 Å². The molecule has 0 saturated carbocycles. The molecule has 0 radical (unpaired) electrons. The molecule has 0 aliphatic rings. The van der Waals surface area contributed by atoms with E-state index in [-0.39, 0.29) is 0 Å². The smallest absolute Gasteiger partial charge is 0.431 e. The molecule has 0 unspecified atom stereocenters. The number of amides is 1. The number of carbonyl (C=O) groups is 1. The van der Waals surface area contributed by atoms with Crippen LogP contribution in [0, 0.1) is 0 Å². The Kier molecular flexibility index (Phi) is 4.47. The normalized spacial score (nSPS) is 9.60. The molecule has 0 aromatic carbocycles. The van der Waals surface area contributed by atoms with Crippen LogP contribution in [0.15, 0.2) is 0 Å². The van der Waals surface area contributed by atoms with Crippen molar-refractivity contribution in [2.75, 3.05) is 13.7 Å². The molecule has 60 valence electrons. The topological polar surface area (TPSA) is 47.6 Å². The molecule has 1 N–H and O–H groups in total. The lowest BCUT2D eigenvalue weighted by atomic mass is 10.8. The number of halogens is 2. The minimum Gasteiger partial charge on any atom is -0.442 e. The molecule has 0 atom stereocenters. The van der Waals surface area contributed by atoms with Gasteiger partial charge in [0.25, 0.3) is 6.43 Å². The van der Waals surface area contributed by atoms with Crippen LogP contribution in [0.3, 0.4) is 0 Å². The highest BCUT2D eigenvalue weighted by Gasteiger charge is 2.06. The van der Waals surface area contributed by atoms with Gasteiger partial charge in [-0.2, -0.15) is 5.48 Å². The summed E-state index contributed by atoms with van der Waals surface area (Å²) < 4.78 is 26.5. The second-order valence-corrected chi connectivity index (χ2v) is 1.30. The Morgan fingerprint density at radius 1 is 1.70 bits per heavy atom. The van der Waals surface area contributed by atoms with E-state index in [4.69, 9.17) is 0 Å². The third-order valence-electron chi connectivity index (χ3n) is 0.526. The number of rotatable bonds is 3. The van der Waals surface area contributed by atoms with Crippen LogP contribution in [0.4, 0.5) is 13.6 Å². The zero-order chi connectivity index (χ0) is 7.98. The Balaban J connectivity index is 3.22. The summed E-state index contributed by atoms with van der Waals surface area (Å²) in [4.78, 5) is 14.2. The Morgan fingerprint density at radius 2 is 2.30 bits per heavy atom. The van der Waals surface area contributed by atoms with Crippen molar-refractivity contribution in [1.29, 1.82) is 0 Å². The van der Waals surface area contributed by atoms with Gasteiger partial charge in [0.05, 0.1) is 7.11 Å². The second kappa shape index (κ2) is 4.92. The summed E-state index contributed by atoms with van der Waals surface area (Å²) in [5.41, 5.74) is 1.71. The fourth-order valence-corrected chi connectivity index (χ4v) is 0.251. The number of alkyl halides is 2. The maximum absolute atomic E-state index is 11.3. The molecule has 0 fully saturated rings. The van der Waals surface area contributed by atoms with E-state index in [1.165, 1.54) is 7.11 Å². The van der Waals surface area contributed by atoms with Crippen molar-refractivity contribution < 1.29 is 23.1 Å². The average molecular weight is 155 g/mol. The summed E-state index contributed by atoms with van der Waals surface area (Å²) in [6.07, 6.45) is -3.68. The lowest BCUT2D eigenvalue weighted by Crippen LogP contribution is -2.24. The first-order valence-electron chi connectivity index (χ1n) is 2.40. The molecule has 0 rings (SSSR count). The first-order valence-corrected chi connectivity index (χ1v) is 2.40. The third kappa shape index (κ3) is 5.23. The first kappa shape index (κ1) is 9.09. The lowest BCUT2D eigenvalue weighted by Gasteiger charge is -2.02. The van der Waals surface area contributed by atoms with Gasteiger partial charge in [0.15, 0.2) is 6.61 Å². The predicted octanol–water partition coefficient (Wildman–Crippen LogP) is 0.539. The highest BCUT2D eigenvalue weighted by molar-refractivity contribution is 5.65. The molecule has 0 bridgehead atoms. The van der Waals surface area contributed by atoms with Crippen molar-refractivity contribution in [2.24, 2.45) is 0 Å². The van der Waals surface area contributed by atoms with E-state index in [0.29, 0.717) is 0 Å². The lowest BCUT2D eigenvalue weighted by molar-refractivity contribution is 0.0186. The van der Waals surface area contributed by atoms with Crippen molar-refractivity contribution in [3.8, 4) is 0 Å². The Bertz CT molecular complexity index is 109. The Hall–Kier alpha value is -0.910. The molecule has 0 heterocycles. The average Bonchev–Trinajstić information content (AvgIpc) is 1.85. The minimum absolute atomic E-state index is 0.921. The molecule has 0 aromatic heterocycles. The van der Waals surface area contributed by atoms with Crippen LogP contribution in [0.25, 0.3) is 0 Å². The monoisotopic (exact) mass is 155 g/mol. The summed E-state index contributed by atoms with van der Waals surface area (Å²) >= 11 is 0. The molecule has 0 aliphatic carbocycles. The van der Waals surface area contributed by atoms with E-state index in [1.807, 2.05) is 0 Å². The fraction of sp³-hybridized carbons (Fsp3) is 0.750. The summed E-state index contributed by atoms with van der Waals surface area (Å²) in [6.45, 7) is -0.921. The van der Waals surface area contributed by atoms with Crippen LogP contribution >= 0.6 is 0 Å². The van der Waals surface area contributed by atoms with E-state index >= 15 is 0 Å². The van der Waals surface area contributed by atoms with E-state index in [2.05, 4.69) is 9.57 Å². The van der Waals surface area contributed by atoms with E-state index in [0.717, 1.165) is 0 Å². The van der Waals surface area contributed by atoms with Crippen molar-refractivity contribution in [2.45, 2.75) is 6.43 Å². The van der Waals surface area contributed by atoms with Crippen molar-refractivity contribution in [1.82, 2.24) is 5.48 Å². The van der Waals surface area contributed by atoms with Gasteiger partial charge in [0.2, 0.25) is 0 Å². The molecule has 0 aliphatic heterocycles. The standard InChI is InChI=1S/C4H7F2NO3/c1-9-7-4(8)10-2-3(5)6/h3H,2H2,1H3,(H,7,8). The minimum atomic E-state index is -2.65. The van der Waals surface area contributed by atoms with Gasteiger partial charge in [0, 0.05) is 0 Å². The summed E-state index contributed by atoms with van der Waals surface area (Å²) in [5.74, 6) is 0. The SMILES string of the molecule is CONC(=O)OCC(F)F. The quantitative estimate of drug-likeness (QED) is 0.605. The number of ether oxygens (including phenoxy) is 1. The van der Waals surface area contributed by atoms with Gasteiger partial charge >= 0.3 is 6.09 Å². The Morgan fingerprint density at radius 3 is 2.70 bits per heavy atom.